The fraction of sp³-hybridized carbons (Fsp3) is 0.625. The second-order valence-corrected chi connectivity index (χ2v) is 5.90. The van der Waals surface area contributed by atoms with Gasteiger partial charge in [0, 0.05) is 19.6 Å². The highest BCUT2D eigenvalue weighted by atomic mass is 16.5. The Balaban J connectivity index is 1.60. The highest BCUT2D eigenvalue weighted by Crippen LogP contribution is 2.36. The van der Waals surface area contributed by atoms with Gasteiger partial charge in [-0.1, -0.05) is 43.2 Å². The first-order chi connectivity index (χ1) is 9.27. The lowest BCUT2D eigenvalue weighted by Gasteiger charge is -2.41. The molecule has 2 fully saturated rings. The van der Waals surface area contributed by atoms with E-state index in [4.69, 9.17) is 4.74 Å². The van der Waals surface area contributed by atoms with Crippen molar-refractivity contribution in [2.24, 2.45) is 0 Å². The molecule has 3 rings (SSSR count). The number of ether oxygens (including phenoxy) is 1. The van der Waals surface area contributed by atoms with Crippen molar-refractivity contribution in [1.82, 2.24) is 4.90 Å². The molecule has 1 aromatic carbocycles. The maximum atomic E-state index is 10.3. The Kier molecular flexibility index (Phi) is 3.87. The van der Waals surface area contributed by atoms with Gasteiger partial charge in [0.25, 0.3) is 0 Å². The van der Waals surface area contributed by atoms with Crippen molar-refractivity contribution in [2.75, 3.05) is 26.2 Å². The standard InChI is InChI=1S/C16H23NO2/c18-15(14-6-2-1-3-7-14)12-17-10-11-19-16(13-17)8-4-5-9-16/h1-3,6-7,15,18H,4-5,8-13H2/t15-/m1/s1. The fourth-order valence-electron chi connectivity index (χ4n) is 3.43. The normalized spacial score (nSPS) is 24.7. The first kappa shape index (κ1) is 13.1. The molecule has 1 atom stereocenters. The molecule has 1 aliphatic carbocycles. The maximum absolute atomic E-state index is 10.3. The van der Waals surface area contributed by atoms with Gasteiger partial charge in [0.05, 0.1) is 18.3 Å². The van der Waals surface area contributed by atoms with Crippen LogP contribution in [0.15, 0.2) is 30.3 Å². The number of morpholine rings is 1. The SMILES string of the molecule is O[C@H](CN1CCOC2(CCCC2)C1)c1ccccc1. The van der Waals surface area contributed by atoms with Gasteiger partial charge in [-0.05, 0) is 18.4 Å². The summed E-state index contributed by atoms with van der Waals surface area (Å²) in [4.78, 5) is 2.37. The van der Waals surface area contributed by atoms with Crippen LogP contribution in [0.3, 0.4) is 0 Å². The minimum absolute atomic E-state index is 0.0919. The zero-order valence-electron chi connectivity index (χ0n) is 11.4. The van der Waals surface area contributed by atoms with Gasteiger partial charge < -0.3 is 9.84 Å². The molecule has 1 aromatic rings. The quantitative estimate of drug-likeness (QED) is 0.906. The van der Waals surface area contributed by atoms with E-state index in [2.05, 4.69) is 4.90 Å². The average Bonchev–Trinajstić information content (AvgIpc) is 2.88. The van der Waals surface area contributed by atoms with Crippen LogP contribution in [-0.2, 0) is 4.74 Å². The van der Waals surface area contributed by atoms with Gasteiger partial charge in [0.2, 0.25) is 0 Å². The van der Waals surface area contributed by atoms with Crippen molar-refractivity contribution >= 4 is 0 Å². The Morgan fingerprint density at radius 1 is 1.21 bits per heavy atom. The van der Waals surface area contributed by atoms with Crippen LogP contribution in [0, 0.1) is 0 Å². The molecular weight excluding hydrogens is 238 g/mol. The summed E-state index contributed by atoms with van der Waals surface area (Å²) in [7, 11) is 0. The summed E-state index contributed by atoms with van der Waals surface area (Å²) in [6, 6.07) is 9.94. The highest BCUT2D eigenvalue weighted by Gasteiger charge is 2.39. The van der Waals surface area contributed by atoms with Gasteiger partial charge in [-0.3, -0.25) is 4.90 Å². The number of hydrogen-bond donors (Lipinski definition) is 1. The summed E-state index contributed by atoms with van der Waals surface area (Å²) < 4.78 is 6.02. The number of aliphatic hydroxyl groups excluding tert-OH is 1. The monoisotopic (exact) mass is 261 g/mol. The molecule has 3 nitrogen and oxygen atoms in total. The van der Waals surface area contributed by atoms with Crippen LogP contribution in [-0.4, -0.2) is 41.8 Å². The van der Waals surface area contributed by atoms with Gasteiger partial charge in [0.1, 0.15) is 0 Å². The number of hydrogen-bond acceptors (Lipinski definition) is 3. The van der Waals surface area contributed by atoms with Gasteiger partial charge in [-0.15, -0.1) is 0 Å². The molecule has 1 N–H and O–H groups in total. The molecule has 0 radical (unpaired) electrons. The summed E-state index contributed by atoms with van der Waals surface area (Å²) in [6.07, 6.45) is 4.55. The Morgan fingerprint density at radius 3 is 2.68 bits per heavy atom. The van der Waals surface area contributed by atoms with Gasteiger partial charge in [-0.25, -0.2) is 0 Å². The molecule has 2 aliphatic rings. The van der Waals surface area contributed by atoms with Gasteiger partial charge in [-0.2, -0.15) is 0 Å². The molecule has 0 amide bonds. The lowest BCUT2D eigenvalue weighted by Crippen LogP contribution is -2.51. The second kappa shape index (κ2) is 5.61. The van der Waals surface area contributed by atoms with E-state index >= 15 is 0 Å². The summed E-state index contributed by atoms with van der Waals surface area (Å²) >= 11 is 0. The molecule has 104 valence electrons. The van der Waals surface area contributed by atoms with E-state index in [9.17, 15) is 5.11 Å². The first-order valence-corrected chi connectivity index (χ1v) is 7.37. The Morgan fingerprint density at radius 2 is 1.95 bits per heavy atom. The number of benzene rings is 1. The lowest BCUT2D eigenvalue weighted by atomic mass is 9.99. The van der Waals surface area contributed by atoms with E-state index in [-0.39, 0.29) is 5.60 Å². The van der Waals surface area contributed by atoms with Crippen LogP contribution in [0.4, 0.5) is 0 Å². The molecule has 1 saturated carbocycles. The van der Waals surface area contributed by atoms with Crippen molar-refractivity contribution in [3.63, 3.8) is 0 Å². The van der Waals surface area contributed by atoms with Crippen LogP contribution in [0.2, 0.25) is 0 Å². The highest BCUT2D eigenvalue weighted by molar-refractivity contribution is 5.17. The van der Waals surface area contributed by atoms with Gasteiger partial charge in [0.15, 0.2) is 0 Å². The fourth-order valence-corrected chi connectivity index (χ4v) is 3.43. The van der Waals surface area contributed by atoms with Crippen LogP contribution < -0.4 is 0 Å². The van der Waals surface area contributed by atoms with E-state index in [0.717, 1.165) is 31.8 Å². The van der Waals surface area contributed by atoms with Gasteiger partial charge >= 0.3 is 0 Å². The molecule has 1 saturated heterocycles. The minimum atomic E-state index is -0.391. The Bertz CT molecular complexity index is 400. The molecule has 0 aromatic heterocycles. The third kappa shape index (κ3) is 2.99. The summed E-state index contributed by atoms with van der Waals surface area (Å²) in [5.74, 6) is 0. The number of aliphatic hydroxyl groups is 1. The smallest absolute Gasteiger partial charge is 0.0916 e. The average molecular weight is 261 g/mol. The molecule has 1 heterocycles. The molecular formula is C16H23NO2. The predicted molar refractivity (Wildman–Crippen MR) is 75.0 cm³/mol. The summed E-state index contributed by atoms with van der Waals surface area (Å²) in [6.45, 7) is 3.44. The van der Waals surface area contributed by atoms with E-state index < -0.39 is 6.10 Å². The zero-order chi connectivity index (χ0) is 13.1. The van der Waals surface area contributed by atoms with Crippen molar-refractivity contribution < 1.29 is 9.84 Å². The third-order valence-electron chi connectivity index (χ3n) is 4.46. The van der Waals surface area contributed by atoms with Crippen molar-refractivity contribution in [1.29, 1.82) is 0 Å². The second-order valence-electron chi connectivity index (χ2n) is 5.90. The van der Waals surface area contributed by atoms with Crippen LogP contribution in [0.5, 0.6) is 0 Å². The maximum Gasteiger partial charge on any atom is 0.0916 e. The largest absolute Gasteiger partial charge is 0.387 e. The van der Waals surface area contributed by atoms with E-state index in [1.807, 2.05) is 30.3 Å². The predicted octanol–water partition coefficient (Wildman–Crippen LogP) is 2.37. The molecule has 19 heavy (non-hydrogen) atoms. The van der Waals surface area contributed by atoms with Crippen LogP contribution >= 0.6 is 0 Å². The van der Waals surface area contributed by atoms with Crippen LogP contribution in [0.25, 0.3) is 0 Å². The van der Waals surface area contributed by atoms with E-state index in [1.54, 1.807) is 0 Å². The van der Waals surface area contributed by atoms with E-state index in [1.165, 1.54) is 25.7 Å². The number of nitrogens with zero attached hydrogens (tertiary/aromatic N) is 1. The Hall–Kier alpha value is -0.900. The molecule has 0 unspecified atom stereocenters. The third-order valence-corrected chi connectivity index (χ3v) is 4.46. The summed E-state index contributed by atoms with van der Waals surface area (Å²) in [5.41, 5.74) is 1.10. The molecule has 3 heteroatoms. The number of β-amino-alcohol motifs (C(OH)–C–C–N with tert-alkyl or cyclic N) is 1. The van der Waals surface area contributed by atoms with Crippen molar-refractivity contribution in [3.05, 3.63) is 35.9 Å². The van der Waals surface area contributed by atoms with Crippen molar-refractivity contribution in [2.45, 2.75) is 37.4 Å². The molecule has 1 aliphatic heterocycles. The van der Waals surface area contributed by atoms with Crippen molar-refractivity contribution in [3.8, 4) is 0 Å². The summed E-state index contributed by atoms with van der Waals surface area (Å²) in [5, 5.41) is 10.3. The molecule has 0 bridgehead atoms. The molecule has 1 spiro atoms. The first-order valence-electron chi connectivity index (χ1n) is 7.37. The lowest BCUT2D eigenvalue weighted by molar-refractivity contribution is -0.111. The number of rotatable bonds is 3. The van der Waals surface area contributed by atoms with Crippen LogP contribution in [0.1, 0.15) is 37.4 Å². The van der Waals surface area contributed by atoms with E-state index in [0.29, 0.717) is 0 Å². The Labute approximate surface area is 115 Å². The zero-order valence-corrected chi connectivity index (χ0v) is 11.4. The topological polar surface area (TPSA) is 32.7 Å². The minimum Gasteiger partial charge on any atom is -0.387 e.